The zero-order valence-electron chi connectivity index (χ0n) is 16.2. The Morgan fingerprint density at radius 2 is 2.00 bits per heavy atom. The molecule has 0 bridgehead atoms. The maximum atomic E-state index is 12.1. The third kappa shape index (κ3) is 5.07. The quantitative estimate of drug-likeness (QED) is 0.518. The van der Waals surface area contributed by atoms with Gasteiger partial charge in [-0.3, -0.25) is 9.59 Å². The van der Waals surface area contributed by atoms with Crippen LogP contribution in [0.2, 0.25) is 0 Å². The number of carbonyl (C=O) groups is 1. The standard InChI is InChI=1S/C20H25N3O4S/c1-26-16-8-7-13(11-17(16)27-2)9-10-21-18(24)12-28-20-22-15-6-4-3-5-14(15)19(25)23-20/h7-8,11H,3-6,9-10,12H2,1-2H3,(H,21,24)(H,22,23,25). The summed E-state index contributed by atoms with van der Waals surface area (Å²) in [4.78, 5) is 31.5. The number of ether oxygens (including phenoxy) is 2. The number of rotatable bonds is 8. The van der Waals surface area contributed by atoms with Crippen molar-refractivity contribution in [3.05, 3.63) is 45.4 Å². The van der Waals surface area contributed by atoms with Crippen LogP contribution in [-0.4, -0.2) is 42.4 Å². The second-order valence-electron chi connectivity index (χ2n) is 6.58. The Bertz CT molecular complexity index is 898. The highest BCUT2D eigenvalue weighted by Gasteiger charge is 2.16. The van der Waals surface area contributed by atoms with Crippen LogP contribution < -0.4 is 20.3 Å². The van der Waals surface area contributed by atoms with Crippen LogP contribution in [0, 0.1) is 0 Å². The summed E-state index contributed by atoms with van der Waals surface area (Å²) in [6.07, 6.45) is 4.41. The van der Waals surface area contributed by atoms with Gasteiger partial charge in [-0.2, -0.15) is 0 Å². The van der Waals surface area contributed by atoms with Crippen molar-refractivity contribution in [3.8, 4) is 11.5 Å². The monoisotopic (exact) mass is 403 g/mol. The summed E-state index contributed by atoms with van der Waals surface area (Å²) in [5.41, 5.74) is 2.66. The number of nitrogens with zero attached hydrogens (tertiary/aromatic N) is 1. The molecule has 150 valence electrons. The van der Waals surface area contributed by atoms with Crippen molar-refractivity contribution in [1.82, 2.24) is 15.3 Å². The third-order valence-electron chi connectivity index (χ3n) is 4.69. The average Bonchev–Trinajstić information content (AvgIpc) is 2.72. The maximum absolute atomic E-state index is 12.1. The van der Waals surface area contributed by atoms with Gasteiger partial charge in [-0.1, -0.05) is 17.8 Å². The average molecular weight is 404 g/mol. The number of fused-ring (bicyclic) bond motifs is 1. The number of methoxy groups -OCH3 is 2. The molecule has 8 heteroatoms. The van der Waals surface area contributed by atoms with Crippen LogP contribution in [0.1, 0.15) is 29.7 Å². The van der Waals surface area contributed by atoms with Crippen molar-refractivity contribution >= 4 is 17.7 Å². The Kier molecular flexibility index (Phi) is 6.97. The lowest BCUT2D eigenvalue weighted by molar-refractivity contribution is -0.118. The highest BCUT2D eigenvalue weighted by molar-refractivity contribution is 7.99. The topological polar surface area (TPSA) is 93.3 Å². The van der Waals surface area contributed by atoms with Crippen LogP contribution in [0.25, 0.3) is 0 Å². The van der Waals surface area contributed by atoms with Crippen LogP contribution >= 0.6 is 11.8 Å². The summed E-state index contributed by atoms with van der Waals surface area (Å²) in [6.45, 7) is 0.517. The highest BCUT2D eigenvalue weighted by atomic mass is 32.2. The fourth-order valence-corrected chi connectivity index (χ4v) is 3.93. The van der Waals surface area contributed by atoms with Crippen molar-refractivity contribution in [3.63, 3.8) is 0 Å². The summed E-state index contributed by atoms with van der Waals surface area (Å²) in [5.74, 6) is 1.47. The summed E-state index contributed by atoms with van der Waals surface area (Å²) < 4.78 is 10.5. The predicted molar refractivity (Wildman–Crippen MR) is 108 cm³/mol. The van der Waals surface area contributed by atoms with E-state index in [-0.39, 0.29) is 17.2 Å². The molecule has 28 heavy (non-hydrogen) atoms. The fourth-order valence-electron chi connectivity index (χ4n) is 3.22. The Labute approximate surface area is 168 Å². The van der Waals surface area contributed by atoms with Crippen molar-refractivity contribution < 1.29 is 14.3 Å². The fraction of sp³-hybridized carbons (Fsp3) is 0.450. The molecule has 7 nitrogen and oxygen atoms in total. The van der Waals surface area contributed by atoms with E-state index in [9.17, 15) is 9.59 Å². The van der Waals surface area contributed by atoms with E-state index >= 15 is 0 Å². The lowest BCUT2D eigenvalue weighted by Gasteiger charge is -2.14. The smallest absolute Gasteiger partial charge is 0.254 e. The largest absolute Gasteiger partial charge is 0.493 e. The number of nitrogens with one attached hydrogen (secondary N) is 2. The van der Waals surface area contributed by atoms with Crippen LogP contribution in [0.5, 0.6) is 11.5 Å². The number of aryl methyl sites for hydroxylation is 1. The first-order valence-electron chi connectivity index (χ1n) is 9.33. The van der Waals surface area contributed by atoms with Gasteiger partial charge < -0.3 is 19.8 Å². The van der Waals surface area contributed by atoms with Crippen molar-refractivity contribution in [2.75, 3.05) is 26.5 Å². The van der Waals surface area contributed by atoms with E-state index in [0.717, 1.165) is 42.5 Å². The zero-order valence-corrected chi connectivity index (χ0v) is 17.0. The Morgan fingerprint density at radius 1 is 1.21 bits per heavy atom. The number of aromatic amines is 1. The molecule has 0 atom stereocenters. The molecular formula is C20H25N3O4S. The number of H-pyrrole nitrogens is 1. The van der Waals surface area contributed by atoms with Gasteiger partial charge in [0.15, 0.2) is 16.7 Å². The molecular weight excluding hydrogens is 378 g/mol. The van der Waals surface area contributed by atoms with Gasteiger partial charge in [0.1, 0.15) is 0 Å². The molecule has 2 N–H and O–H groups in total. The number of thioether (sulfide) groups is 1. The van der Waals surface area contributed by atoms with E-state index < -0.39 is 0 Å². The lowest BCUT2D eigenvalue weighted by atomic mass is 9.97. The summed E-state index contributed by atoms with van der Waals surface area (Å²) in [6, 6.07) is 5.70. The van der Waals surface area contributed by atoms with E-state index in [4.69, 9.17) is 9.47 Å². The molecule has 0 spiro atoms. The summed E-state index contributed by atoms with van der Waals surface area (Å²) in [7, 11) is 3.19. The Hall–Kier alpha value is -2.48. The minimum Gasteiger partial charge on any atom is -0.493 e. The number of amides is 1. The molecule has 3 rings (SSSR count). The predicted octanol–water partition coefficient (Wildman–Crippen LogP) is 2.12. The molecule has 0 saturated heterocycles. The molecule has 0 aliphatic heterocycles. The summed E-state index contributed by atoms with van der Waals surface area (Å²) >= 11 is 1.26. The van der Waals surface area contributed by atoms with Gasteiger partial charge in [0.25, 0.3) is 5.56 Å². The Morgan fingerprint density at radius 3 is 2.79 bits per heavy atom. The number of carbonyl (C=O) groups excluding carboxylic acids is 1. The Balaban J connectivity index is 1.47. The second kappa shape index (κ2) is 9.64. The minimum absolute atomic E-state index is 0.0685. The SMILES string of the molecule is COc1ccc(CCNC(=O)CSc2nc3c(c(=O)[nH]2)CCCC3)cc1OC. The van der Waals surface area contributed by atoms with E-state index in [1.807, 2.05) is 18.2 Å². The van der Waals surface area contributed by atoms with Gasteiger partial charge in [0, 0.05) is 12.1 Å². The van der Waals surface area contributed by atoms with E-state index in [1.54, 1.807) is 14.2 Å². The molecule has 1 heterocycles. The van der Waals surface area contributed by atoms with Crippen LogP contribution in [0.15, 0.2) is 28.2 Å². The first kappa shape index (κ1) is 20.3. The highest BCUT2D eigenvalue weighted by Crippen LogP contribution is 2.27. The van der Waals surface area contributed by atoms with Gasteiger partial charge in [0.2, 0.25) is 5.91 Å². The third-order valence-corrected chi connectivity index (χ3v) is 5.57. The van der Waals surface area contributed by atoms with Crippen molar-refractivity contribution in [2.45, 2.75) is 37.3 Å². The number of hydrogen-bond acceptors (Lipinski definition) is 6. The first-order valence-corrected chi connectivity index (χ1v) is 10.3. The number of aromatic nitrogens is 2. The molecule has 1 aliphatic carbocycles. The molecule has 1 amide bonds. The van der Waals surface area contributed by atoms with Gasteiger partial charge in [-0.15, -0.1) is 0 Å². The minimum atomic E-state index is -0.0918. The molecule has 2 aromatic rings. The first-order chi connectivity index (χ1) is 13.6. The van der Waals surface area contributed by atoms with Gasteiger partial charge in [0.05, 0.1) is 25.7 Å². The molecule has 1 aromatic carbocycles. The number of benzene rings is 1. The van der Waals surface area contributed by atoms with Gasteiger partial charge in [-0.25, -0.2) is 4.98 Å². The lowest BCUT2D eigenvalue weighted by Crippen LogP contribution is -2.28. The van der Waals surface area contributed by atoms with E-state index in [1.165, 1.54) is 11.8 Å². The molecule has 0 saturated carbocycles. The molecule has 1 aromatic heterocycles. The van der Waals surface area contributed by atoms with Crippen molar-refractivity contribution in [2.24, 2.45) is 0 Å². The van der Waals surface area contributed by atoms with Crippen LogP contribution in [-0.2, 0) is 24.1 Å². The maximum Gasteiger partial charge on any atom is 0.254 e. The van der Waals surface area contributed by atoms with Gasteiger partial charge in [-0.05, 0) is 49.8 Å². The van der Waals surface area contributed by atoms with Crippen molar-refractivity contribution in [1.29, 1.82) is 0 Å². The van der Waals surface area contributed by atoms with E-state index in [2.05, 4.69) is 15.3 Å². The molecule has 0 unspecified atom stereocenters. The molecule has 0 radical (unpaired) electrons. The van der Waals surface area contributed by atoms with Crippen LogP contribution in [0.3, 0.4) is 0 Å². The normalized spacial score (nSPS) is 12.9. The number of hydrogen-bond donors (Lipinski definition) is 2. The van der Waals surface area contributed by atoms with E-state index in [0.29, 0.717) is 29.6 Å². The second-order valence-corrected chi connectivity index (χ2v) is 7.55. The van der Waals surface area contributed by atoms with Gasteiger partial charge >= 0.3 is 0 Å². The van der Waals surface area contributed by atoms with Crippen LogP contribution in [0.4, 0.5) is 0 Å². The molecule has 1 aliphatic rings. The summed E-state index contributed by atoms with van der Waals surface area (Å²) in [5, 5.41) is 3.41. The molecule has 0 fully saturated rings. The zero-order chi connectivity index (χ0) is 19.9.